The summed E-state index contributed by atoms with van der Waals surface area (Å²) in [7, 11) is 0. The van der Waals surface area contributed by atoms with Crippen LogP contribution in [0.25, 0.3) is 11.3 Å². The number of aromatic amines is 1. The Balaban J connectivity index is 2.04. The van der Waals surface area contributed by atoms with E-state index in [4.69, 9.17) is 0 Å². The second kappa shape index (κ2) is 7.19. The van der Waals surface area contributed by atoms with Crippen molar-refractivity contribution in [2.45, 2.75) is 69.2 Å². The van der Waals surface area contributed by atoms with Gasteiger partial charge in [0, 0.05) is 11.1 Å². The zero-order chi connectivity index (χ0) is 23.8. The maximum Gasteiger partial charge on any atom is 0.280 e. The van der Waals surface area contributed by atoms with E-state index in [0.29, 0.717) is 22.5 Å². The summed E-state index contributed by atoms with van der Waals surface area (Å²) in [6.07, 6.45) is 0. The third kappa shape index (κ3) is 2.75. The molecular weight excluding hydrogens is 396 g/mol. The number of hydrogen-bond donors (Lipinski definition) is 2. The minimum atomic E-state index is -0.300. The Morgan fingerprint density at radius 3 is 1.34 bits per heavy atom. The van der Waals surface area contributed by atoms with Gasteiger partial charge in [-0.05, 0) is 125 Å². The van der Waals surface area contributed by atoms with Crippen LogP contribution in [0.1, 0.15) is 77.1 Å². The van der Waals surface area contributed by atoms with Crippen molar-refractivity contribution in [2.75, 3.05) is 0 Å². The molecule has 0 aliphatic carbocycles. The molecule has 2 heterocycles. The number of H-pyrrole nitrogens is 1. The van der Waals surface area contributed by atoms with E-state index in [-0.39, 0.29) is 11.8 Å². The van der Waals surface area contributed by atoms with Crippen LogP contribution in [0.4, 0.5) is 0 Å². The molecule has 0 saturated heterocycles. The van der Waals surface area contributed by atoms with Crippen LogP contribution in [0.15, 0.2) is 4.99 Å². The van der Waals surface area contributed by atoms with Crippen LogP contribution in [0.3, 0.4) is 0 Å². The van der Waals surface area contributed by atoms with Gasteiger partial charge in [-0.25, -0.2) is 4.99 Å². The van der Waals surface area contributed by atoms with E-state index in [1.165, 1.54) is 33.4 Å². The number of benzene rings is 2. The number of aromatic hydroxyl groups is 1. The molecule has 2 aromatic carbocycles. The lowest BCUT2D eigenvalue weighted by molar-refractivity contribution is 0.101. The molecule has 166 valence electrons. The van der Waals surface area contributed by atoms with E-state index in [0.717, 1.165) is 33.4 Å². The first kappa shape index (κ1) is 22.1. The minimum Gasteiger partial charge on any atom is -0.494 e. The number of amides is 1. The molecule has 3 aromatic rings. The largest absolute Gasteiger partial charge is 0.494 e. The fourth-order valence-electron chi connectivity index (χ4n) is 5.24. The number of nitrogens with one attached hydrogen (secondary N) is 1. The van der Waals surface area contributed by atoms with Gasteiger partial charge in [-0.1, -0.05) is 0 Å². The number of hydrogen-bond acceptors (Lipinski definition) is 2. The van der Waals surface area contributed by atoms with Gasteiger partial charge in [0.1, 0.15) is 0 Å². The third-order valence-corrected chi connectivity index (χ3v) is 8.13. The van der Waals surface area contributed by atoms with E-state index in [1.54, 1.807) is 0 Å². The van der Waals surface area contributed by atoms with Crippen molar-refractivity contribution < 1.29 is 9.90 Å². The number of nitrogens with zero attached hydrogens (tertiary/aromatic N) is 1. The lowest BCUT2D eigenvalue weighted by atomic mass is 9.85. The molecule has 0 atom stereocenters. The Morgan fingerprint density at radius 2 is 0.906 bits per heavy atom. The molecule has 1 amide bonds. The Kier molecular flexibility index (Phi) is 4.96. The minimum absolute atomic E-state index is 0.00367. The topological polar surface area (TPSA) is 65.5 Å². The van der Waals surface area contributed by atoms with Gasteiger partial charge in [0.25, 0.3) is 5.91 Å². The highest BCUT2D eigenvalue weighted by molar-refractivity contribution is 6.31. The molecule has 1 aliphatic rings. The van der Waals surface area contributed by atoms with E-state index >= 15 is 0 Å². The summed E-state index contributed by atoms with van der Waals surface area (Å²) in [5, 5.41) is 11.0. The first-order valence-corrected chi connectivity index (χ1v) is 11.1. The van der Waals surface area contributed by atoms with Crippen LogP contribution in [-0.2, 0) is 0 Å². The Morgan fingerprint density at radius 1 is 0.531 bits per heavy atom. The average Bonchev–Trinajstić information content (AvgIpc) is 3.27. The zero-order valence-corrected chi connectivity index (χ0v) is 20.8. The summed E-state index contributed by atoms with van der Waals surface area (Å²) < 4.78 is 0. The molecule has 4 heteroatoms. The van der Waals surface area contributed by atoms with Crippen molar-refractivity contribution in [2.24, 2.45) is 4.99 Å². The van der Waals surface area contributed by atoms with Crippen LogP contribution in [0, 0.1) is 69.2 Å². The summed E-state index contributed by atoms with van der Waals surface area (Å²) in [5.74, 6) is -0.296. The van der Waals surface area contributed by atoms with Gasteiger partial charge in [0.05, 0.1) is 22.5 Å². The van der Waals surface area contributed by atoms with Crippen molar-refractivity contribution in [1.82, 2.24) is 4.98 Å². The van der Waals surface area contributed by atoms with E-state index in [2.05, 4.69) is 79.2 Å². The van der Waals surface area contributed by atoms with Crippen molar-refractivity contribution in [3.63, 3.8) is 0 Å². The Labute approximate surface area is 190 Å². The number of fused-ring (bicyclic) bond motifs is 1. The van der Waals surface area contributed by atoms with Gasteiger partial charge in [-0.3, -0.25) is 4.79 Å². The highest BCUT2D eigenvalue weighted by atomic mass is 16.3. The van der Waals surface area contributed by atoms with E-state index < -0.39 is 0 Å². The molecule has 0 unspecified atom stereocenters. The zero-order valence-electron chi connectivity index (χ0n) is 20.8. The predicted octanol–water partition coefficient (Wildman–Crippen LogP) is 6.46. The molecule has 1 aliphatic heterocycles. The first-order valence-electron chi connectivity index (χ1n) is 11.1. The fourth-order valence-corrected chi connectivity index (χ4v) is 5.24. The summed E-state index contributed by atoms with van der Waals surface area (Å²) in [5.41, 5.74) is 15.9. The normalized spacial score (nSPS) is 13.1. The maximum atomic E-state index is 13.3. The van der Waals surface area contributed by atoms with E-state index in [1.807, 2.05) is 0 Å². The second-order valence-corrected chi connectivity index (χ2v) is 9.36. The van der Waals surface area contributed by atoms with Crippen LogP contribution in [0.2, 0.25) is 0 Å². The molecule has 0 fully saturated rings. The molecule has 0 radical (unpaired) electrons. The quantitative estimate of drug-likeness (QED) is 0.492. The SMILES string of the molecule is Cc1c(C)c(C)c(C2=NC(=O)c3c(-c4c(C)c(C)c(C)c(C)c4C)[nH]c(O)c32)c(C)c1C. The lowest BCUT2D eigenvalue weighted by Crippen LogP contribution is -2.10. The third-order valence-electron chi connectivity index (χ3n) is 8.13. The van der Waals surface area contributed by atoms with Crippen LogP contribution in [0.5, 0.6) is 5.88 Å². The highest BCUT2D eigenvalue weighted by Gasteiger charge is 2.36. The highest BCUT2D eigenvalue weighted by Crippen LogP contribution is 2.43. The standard InChI is InChI=1S/C28H32N2O2/c1-11-13(3)17(7)21(18(8)14(11)4)25-23-24(28(32)29-25)26(30-27(23)31)22-19(9)15(5)12(2)16(6)20(22)10/h29,32H,1-10H3. The van der Waals surface area contributed by atoms with E-state index in [9.17, 15) is 9.90 Å². The Hall–Kier alpha value is -3.14. The molecule has 0 saturated carbocycles. The number of aliphatic imine (C=N–C) groups is 1. The summed E-state index contributed by atoms with van der Waals surface area (Å²) in [6.45, 7) is 21.0. The smallest absolute Gasteiger partial charge is 0.280 e. The second-order valence-electron chi connectivity index (χ2n) is 9.36. The summed E-state index contributed by atoms with van der Waals surface area (Å²) >= 11 is 0. The van der Waals surface area contributed by atoms with Crippen molar-refractivity contribution >= 4 is 11.6 Å². The van der Waals surface area contributed by atoms with Crippen molar-refractivity contribution in [1.29, 1.82) is 0 Å². The number of carbonyl (C=O) groups is 1. The summed E-state index contributed by atoms with van der Waals surface area (Å²) in [4.78, 5) is 20.9. The molecule has 4 nitrogen and oxygen atoms in total. The van der Waals surface area contributed by atoms with Gasteiger partial charge >= 0.3 is 0 Å². The number of rotatable bonds is 2. The van der Waals surface area contributed by atoms with Gasteiger partial charge in [0.2, 0.25) is 0 Å². The molecule has 1 aromatic heterocycles. The lowest BCUT2D eigenvalue weighted by Gasteiger charge is -2.18. The summed E-state index contributed by atoms with van der Waals surface area (Å²) in [6, 6.07) is 0. The molecule has 4 rings (SSSR count). The number of carbonyl (C=O) groups excluding carboxylic acids is 1. The van der Waals surface area contributed by atoms with Crippen LogP contribution < -0.4 is 0 Å². The fraction of sp³-hybridized carbons (Fsp3) is 0.357. The van der Waals surface area contributed by atoms with Crippen LogP contribution >= 0.6 is 0 Å². The average molecular weight is 429 g/mol. The molecule has 2 N–H and O–H groups in total. The van der Waals surface area contributed by atoms with Crippen molar-refractivity contribution in [3.05, 3.63) is 72.3 Å². The first-order chi connectivity index (χ1) is 14.9. The molecule has 0 bridgehead atoms. The molecular formula is C28H32N2O2. The molecule has 32 heavy (non-hydrogen) atoms. The van der Waals surface area contributed by atoms with Gasteiger partial charge in [0.15, 0.2) is 5.88 Å². The predicted molar refractivity (Wildman–Crippen MR) is 132 cm³/mol. The molecule has 0 spiro atoms. The van der Waals surface area contributed by atoms with Gasteiger partial charge < -0.3 is 10.1 Å². The Bertz CT molecular complexity index is 1330. The van der Waals surface area contributed by atoms with Gasteiger partial charge in [-0.2, -0.15) is 0 Å². The van der Waals surface area contributed by atoms with Gasteiger partial charge in [-0.15, -0.1) is 0 Å². The number of aromatic nitrogens is 1. The maximum absolute atomic E-state index is 13.3. The van der Waals surface area contributed by atoms with Crippen LogP contribution in [-0.4, -0.2) is 21.7 Å². The monoisotopic (exact) mass is 428 g/mol. The van der Waals surface area contributed by atoms with Crippen molar-refractivity contribution in [3.8, 4) is 17.1 Å².